The first-order valence-corrected chi connectivity index (χ1v) is 22.0. The smallest absolute Gasteiger partial charge is 0.322 e. The molecule has 7 rings (SSSR count). The van der Waals surface area contributed by atoms with Gasteiger partial charge in [0, 0.05) is 30.6 Å². The Bertz CT molecular complexity index is 2060. The average Bonchev–Trinajstić information content (AvgIpc) is 3.76. The van der Waals surface area contributed by atoms with Crippen LogP contribution in [-0.2, 0) is 24.5 Å². The summed E-state index contributed by atoms with van der Waals surface area (Å²) in [5.74, 6) is 0.390. The van der Waals surface area contributed by atoms with Gasteiger partial charge in [-0.2, -0.15) is 5.26 Å². The highest BCUT2D eigenvalue weighted by molar-refractivity contribution is 6.01. The summed E-state index contributed by atoms with van der Waals surface area (Å²) in [6.07, 6.45) is 7.53. The Hall–Kier alpha value is -4.04. The van der Waals surface area contributed by atoms with Gasteiger partial charge in [0.1, 0.15) is 6.10 Å². The number of likely N-dealkylation sites (N-methyl/N-ethyl adjacent to an activating group) is 1. The number of esters is 1. The van der Waals surface area contributed by atoms with E-state index >= 15 is 0 Å². The minimum absolute atomic E-state index is 0.0116. The van der Waals surface area contributed by atoms with Crippen molar-refractivity contribution in [1.29, 1.82) is 5.26 Å². The Morgan fingerprint density at radius 2 is 1.64 bits per heavy atom. The Morgan fingerprint density at radius 1 is 0.949 bits per heavy atom. The SMILES string of the molecule is CC(C)C1=C2[C@H]3CC[C@@H]4[C@@]5(C)CC[C@H](OC(=O)CC(C)(C)C(=O)O)C(C)(C)[C@@H]5CC[C@@]4(C)[C@]3(C)CC[C@@]2(c2nnc(N(CCN(C)C)c3ccc(C#N)cc3)o2)CC1=O. The molecule has 8 atom stereocenters. The summed E-state index contributed by atoms with van der Waals surface area (Å²) >= 11 is 0. The predicted octanol–water partition coefficient (Wildman–Crippen LogP) is 9.29. The van der Waals surface area contributed by atoms with Gasteiger partial charge in [0.25, 0.3) is 0 Å². The molecule has 1 heterocycles. The van der Waals surface area contributed by atoms with Crippen molar-refractivity contribution in [3.8, 4) is 6.07 Å². The molecule has 0 unspecified atom stereocenters. The topological polar surface area (TPSA) is 150 Å². The van der Waals surface area contributed by atoms with Crippen LogP contribution in [0.15, 0.2) is 39.8 Å². The zero-order valence-corrected chi connectivity index (χ0v) is 37.4. The number of rotatable bonds is 11. The fourth-order valence-corrected chi connectivity index (χ4v) is 13.6. The highest BCUT2D eigenvalue weighted by Gasteiger charge is 2.71. The fourth-order valence-electron chi connectivity index (χ4n) is 13.6. The van der Waals surface area contributed by atoms with Gasteiger partial charge in [-0.15, -0.1) is 5.10 Å². The number of nitriles is 1. The van der Waals surface area contributed by atoms with Crippen molar-refractivity contribution in [3.05, 3.63) is 46.9 Å². The number of carboxylic acids is 1. The number of ether oxygens (including phenoxy) is 1. The van der Waals surface area contributed by atoms with Gasteiger partial charge in [-0.1, -0.05) is 53.6 Å². The molecule has 11 heteroatoms. The van der Waals surface area contributed by atoms with Gasteiger partial charge < -0.3 is 19.2 Å². The number of anilines is 2. The van der Waals surface area contributed by atoms with E-state index in [1.165, 1.54) is 5.57 Å². The van der Waals surface area contributed by atoms with Crippen molar-refractivity contribution in [2.24, 2.45) is 50.7 Å². The first-order chi connectivity index (χ1) is 27.6. The first-order valence-electron chi connectivity index (χ1n) is 22.0. The number of carbonyl (C=O) groups excluding carboxylic acids is 2. The molecule has 4 saturated carbocycles. The number of nitrogens with zero attached hydrogens (tertiary/aromatic N) is 5. The number of fused-ring (bicyclic) bond motifs is 7. The lowest BCUT2D eigenvalue weighted by Gasteiger charge is -2.72. The van der Waals surface area contributed by atoms with E-state index in [-0.39, 0.29) is 51.8 Å². The van der Waals surface area contributed by atoms with E-state index in [4.69, 9.17) is 19.4 Å². The number of carboxylic acid groups (broad SMARTS) is 1. The van der Waals surface area contributed by atoms with E-state index < -0.39 is 22.8 Å². The second-order valence-corrected chi connectivity index (χ2v) is 21.5. The molecular weight excluding hydrogens is 743 g/mol. The highest BCUT2D eigenvalue weighted by atomic mass is 16.5. The van der Waals surface area contributed by atoms with Crippen LogP contribution in [0.5, 0.6) is 0 Å². The van der Waals surface area contributed by atoms with Crippen LogP contribution in [0, 0.1) is 62.1 Å². The largest absolute Gasteiger partial charge is 0.481 e. The van der Waals surface area contributed by atoms with E-state index in [1.54, 1.807) is 26.0 Å². The van der Waals surface area contributed by atoms with Gasteiger partial charge in [-0.3, -0.25) is 19.3 Å². The van der Waals surface area contributed by atoms with E-state index in [0.717, 1.165) is 69.2 Å². The summed E-state index contributed by atoms with van der Waals surface area (Å²) in [5.41, 5.74) is 1.56. The lowest BCUT2D eigenvalue weighted by atomic mass is 9.33. The monoisotopic (exact) mass is 810 g/mol. The third kappa shape index (κ3) is 6.75. The Balaban J connectivity index is 1.21. The molecule has 0 bridgehead atoms. The number of aromatic nitrogens is 2. The maximum Gasteiger partial charge on any atom is 0.322 e. The van der Waals surface area contributed by atoms with Crippen molar-refractivity contribution < 1.29 is 28.6 Å². The summed E-state index contributed by atoms with van der Waals surface area (Å²) in [5, 5.41) is 28.6. The normalized spacial score (nSPS) is 33.8. The van der Waals surface area contributed by atoms with E-state index in [9.17, 15) is 24.8 Å². The van der Waals surface area contributed by atoms with E-state index in [0.29, 0.717) is 42.3 Å². The Morgan fingerprint density at radius 3 is 2.27 bits per heavy atom. The van der Waals surface area contributed by atoms with Crippen molar-refractivity contribution in [3.63, 3.8) is 0 Å². The lowest BCUT2D eigenvalue weighted by molar-refractivity contribution is -0.232. The number of aliphatic carboxylic acids is 1. The van der Waals surface area contributed by atoms with Gasteiger partial charge in [-0.05, 0) is 155 Å². The summed E-state index contributed by atoms with van der Waals surface area (Å²) < 4.78 is 13.0. The van der Waals surface area contributed by atoms with Crippen molar-refractivity contribution in [2.45, 2.75) is 138 Å². The van der Waals surface area contributed by atoms with Crippen LogP contribution in [0.4, 0.5) is 11.7 Å². The molecule has 2 aromatic rings. The zero-order valence-electron chi connectivity index (χ0n) is 37.4. The molecule has 1 N–H and O–H groups in total. The second kappa shape index (κ2) is 14.8. The van der Waals surface area contributed by atoms with Crippen LogP contribution in [0.3, 0.4) is 0 Å². The molecule has 0 amide bonds. The quantitative estimate of drug-likeness (QED) is 0.216. The standard InChI is InChI=1S/C48H67N5O6/c1-29(2)38-33(54)26-48(40-50-51-42(59-40)53(25-24-52(10)11)31-14-12-30(28-49)13-15-31)23-22-46(8)32(39(38)48)16-17-35-45(7)20-19-36(58-37(55)27-43(3,4)41(56)57)44(5,6)34(45)18-21-47(35,46)9/h12-15,29,32,34-36H,16-27H2,1-11H3,(H,56,57)/t32-,34+,35-,36+,45+,46-,47-,48-/m1/s1. The number of allylic oxidation sites excluding steroid dienone is 2. The molecule has 5 aliphatic carbocycles. The van der Waals surface area contributed by atoms with Crippen molar-refractivity contribution in [2.75, 3.05) is 32.1 Å². The number of hydrogen-bond acceptors (Lipinski definition) is 10. The Kier molecular flexibility index (Phi) is 10.8. The van der Waals surface area contributed by atoms with E-state index in [2.05, 4.69) is 59.4 Å². The lowest BCUT2D eigenvalue weighted by Crippen LogP contribution is -2.66. The van der Waals surface area contributed by atoms with Gasteiger partial charge in [0.15, 0.2) is 5.78 Å². The van der Waals surface area contributed by atoms with Crippen molar-refractivity contribution >= 4 is 29.4 Å². The van der Waals surface area contributed by atoms with Gasteiger partial charge in [0.05, 0.1) is 28.9 Å². The van der Waals surface area contributed by atoms with Gasteiger partial charge in [-0.25, -0.2) is 0 Å². The van der Waals surface area contributed by atoms with Crippen LogP contribution >= 0.6 is 0 Å². The number of Topliss-reactive ketones (excluding diaryl/α,β-unsaturated/α-hetero) is 1. The molecule has 1 aromatic heterocycles. The minimum Gasteiger partial charge on any atom is -0.481 e. The fraction of sp³-hybridized carbons (Fsp3) is 0.708. The molecule has 11 nitrogen and oxygen atoms in total. The average molecular weight is 810 g/mol. The summed E-state index contributed by atoms with van der Waals surface area (Å²) in [6, 6.07) is 10.1. The van der Waals surface area contributed by atoms with Crippen LogP contribution < -0.4 is 4.90 Å². The predicted molar refractivity (Wildman–Crippen MR) is 226 cm³/mol. The van der Waals surface area contributed by atoms with Gasteiger partial charge >= 0.3 is 18.0 Å². The zero-order chi connectivity index (χ0) is 43.1. The molecule has 59 heavy (non-hydrogen) atoms. The molecule has 0 saturated heterocycles. The van der Waals surface area contributed by atoms with Crippen LogP contribution in [0.1, 0.15) is 138 Å². The minimum atomic E-state index is -1.18. The molecule has 0 spiro atoms. The van der Waals surface area contributed by atoms with Crippen LogP contribution in [0.25, 0.3) is 0 Å². The molecule has 320 valence electrons. The number of benzene rings is 1. The van der Waals surface area contributed by atoms with Crippen LogP contribution in [-0.4, -0.2) is 71.2 Å². The molecule has 5 aliphatic rings. The molecule has 0 radical (unpaired) electrons. The van der Waals surface area contributed by atoms with Crippen molar-refractivity contribution in [1.82, 2.24) is 15.1 Å². The number of hydrogen-bond donors (Lipinski definition) is 1. The Labute approximate surface area is 351 Å². The number of ketones is 1. The third-order valence-electron chi connectivity index (χ3n) is 16.9. The van der Waals surface area contributed by atoms with Crippen LogP contribution in [0.2, 0.25) is 0 Å². The summed E-state index contributed by atoms with van der Waals surface area (Å²) in [4.78, 5) is 43.5. The maximum atomic E-state index is 14.4. The molecule has 4 fully saturated rings. The van der Waals surface area contributed by atoms with Gasteiger partial charge in [0.2, 0.25) is 5.89 Å². The highest BCUT2D eigenvalue weighted by Crippen LogP contribution is 2.77. The maximum absolute atomic E-state index is 14.4. The summed E-state index contributed by atoms with van der Waals surface area (Å²) in [6.45, 7) is 21.0. The first kappa shape index (κ1) is 43.1. The molecular formula is C48H67N5O6. The van der Waals surface area contributed by atoms with E-state index in [1.807, 2.05) is 31.1 Å². The summed E-state index contributed by atoms with van der Waals surface area (Å²) in [7, 11) is 4.06. The molecule has 1 aromatic carbocycles. The third-order valence-corrected chi connectivity index (χ3v) is 16.9. The second-order valence-electron chi connectivity index (χ2n) is 21.5. The molecule has 0 aliphatic heterocycles. The number of carbonyl (C=O) groups is 3.